The van der Waals surface area contributed by atoms with E-state index in [1.165, 1.54) is 0 Å². The molecule has 0 unspecified atom stereocenters. The number of thiophene rings is 1. The lowest BCUT2D eigenvalue weighted by atomic mass is 10.1. The largest absolute Gasteiger partial charge is 0.388 e. The lowest BCUT2D eigenvalue weighted by Gasteiger charge is -2.12. The zero-order valence-corrected chi connectivity index (χ0v) is 15.1. The van der Waals surface area contributed by atoms with Crippen LogP contribution in [-0.4, -0.2) is 17.6 Å². The van der Waals surface area contributed by atoms with Crippen molar-refractivity contribution in [3.05, 3.63) is 81.5 Å². The minimum atomic E-state index is -0.653. The van der Waals surface area contributed by atoms with Crippen molar-refractivity contribution in [2.24, 2.45) is 0 Å². The fourth-order valence-corrected chi connectivity index (χ4v) is 3.41. The molecule has 3 nitrogen and oxygen atoms in total. The summed E-state index contributed by atoms with van der Waals surface area (Å²) < 4.78 is 0. The maximum Gasteiger partial charge on any atom is 0.251 e. The van der Waals surface area contributed by atoms with Gasteiger partial charge in [-0.3, -0.25) is 4.79 Å². The fourth-order valence-electron chi connectivity index (χ4n) is 2.55. The number of carbonyl (C=O) groups excluding carboxylic acids is 1. The smallest absolute Gasteiger partial charge is 0.251 e. The summed E-state index contributed by atoms with van der Waals surface area (Å²) in [5, 5.41) is 17.7. The summed E-state index contributed by atoms with van der Waals surface area (Å²) in [7, 11) is 0. The van der Waals surface area contributed by atoms with Crippen LogP contribution in [0.2, 0.25) is 5.02 Å². The molecule has 0 bridgehead atoms. The van der Waals surface area contributed by atoms with Gasteiger partial charge in [0.05, 0.1) is 6.10 Å². The molecule has 128 valence electrons. The first-order valence-electron chi connectivity index (χ1n) is 7.98. The van der Waals surface area contributed by atoms with Gasteiger partial charge < -0.3 is 10.4 Å². The Balaban J connectivity index is 1.52. The highest BCUT2D eigenvalue weighted by Crippen LogP contribution is 2.22. The van der Waals surface area contributed by atoms with Gasteiger partial charge >= 0.3 is 0 Å². The normalized spacial score (nSPS) is 11.9. The Bertz CT molecular complexity index is 831. The van der Waals surface area contributed by atoms with E-state index in [0.29, 0.717) is 23.6 Å². The number of halogens is 1. The summed E-state index contributed by atoms with van der Waals surface area (Å²) in [5.74, 6) is -0.143. The number of aliphatic hydroxyl groups excluding tert-OH is 1. The van der Waals surface area contributed by atoms with Gasteiger partial charge in [-0.2, -0.15) is 11.3 Å². The summed E-state index contributed by atoms with van der Waals surface area (Å²) in [6.07, 6.45) is -0.223. The van der Waals surface area contributed by atoms with Crippen molar-refractivity contribution in [2.75, 3.05) is 6.54 Å². The second kappa shape index (κ2) is 8.30. The molecule has 0 saturated carbocycles. The van der Waals surface area contributed by atoms with Gasteiger partial charge in [-0.15, -0.1) is 0 Å². The second-order valence-electron chi connectivity index (χ2n) is 5.70. The van der Waals surface area contributed by atoms with E-state index in [4.69, 9.17) is 11.6 Å². The molecule has 0 radical (unpaired) electrons. The quantitative estimate of drug-likeness (QED) is 0.646. The van der Waals surface area contributed by atoms with Crippen molar-refractivity contribution in [3.63, 3.8) is 0 Å². The molecule has 2 aromatic carbocycles. The molecule has 0 fully saturated rings. The average molecular weight is 372 g/mol. The molecule has 3 aromatic rings. The lowest BCUT2D eigenvalue weighted by Crippen LogP contribution is -2.25. The molecule has 1 atom stereocenters. The average Bonchev–Trinajstić information content (AvgIpc) is 3.16. The summed E-state index contributed by atoms with van der Waals surface area (Å²) in [4.78, 5) is 12.2. The molecule has 3 rings (SSSR count). The van der Waals surface area contributed by atoms with E-state index in [1.807, 2.05) is 35.7 Å². The number of hydrogen-bond donors (Lipinski definition) is 2. The molecule has 2 N–H and O–H groups in total. The summed E-state index contributed by atoms with van der Waals surface area (Å²) in [6.45, 7) is 0.388. The predicted molar refractivity (Wildman–Crippen MR) is 103 cm³/mol. The van der Waals surface area contributed by atoms with Crippen molar-refractivity contribution in [1.82, 2.24) is 5.32 Å². The first kappa shape index (κ1) is 17.7. The third-order valence-corrected chi connectivity index (χ3v) is 4.86. The van der Waals surface area contributed by atoms with Crippen molar-refractivity contribution in [2.45, 2.75) is 12.5 Å². The van der Waals surface area contributed by atoms with Crippen molar-refractivity contribution < 1.29 is 9.90 Å². The Labute approximate surface area is 155 Å². The number of carbonyl (C=O) groups is 1. The Morgan fingerprint density at radius 1 is 1.12 bits per heavy atom. The van der Waals surface area contributed by atoms with Crippen LogP contribution in [0.3, 0.4) is 0 Å². The van der Waals surface area contributed by atoms with E-state index in [2.05, 4.69) is 16.8 Å². The molecule has 0 aliphatic rings. The van der Waals surface area contributed by atoms with Crippen molar-refractivity contribution >= 4 is 28.8 Å². The maximum absolute atomic E-state index is 12.2. The SMILES string of the molecule is O=C(NCC[C@@H](O)c1cccc(Cl)c1)c1ccc(-c2ccsc2)cc1. The first-order valence-corrected chi connectivity index (χ1v) is 9.30. The van der Waals surface area contributed by atoms with Gasteiger partial charge in [0.2, 0.25) is 0 Å². The number of nitrogens with one attached hydrogen (secondary N) is 1. The van der Waals surface area contributed by atoms with Crippen molar-refractivity contribution in [3.8, 4) is 11.1 Å². The molecular weight excluding hydrogens is 354 g/mol. The fraction of sp³-hybridized carbons (Fsp3) is 0.150. The van der Waals surface area contributed by atoms with Gasteiger partial charge in [0.25, 0.3) is 5.91 Å². The molecule has 0 saturated heterocycles. The zero-order valence-electron chi connectivity index (χ0n) is 13.5. The number of hydrogen-bond acceptors (Lipinski definition) is 3. The molecule has 1 aromatic heterocycles. The second-order valence-corrected chi connectivity index (χ2v) is 6.92. The van der Waals surface area contributed by atoms with Crippen LogP contribution in [0.5, 0.6) is 0 Å². The highest BCUT2D eigenvalue weighted by molar-refractivity contribution is 7.08. The van der Waals surface area contributed by atoms with E-state index < -0.39 is 6.10 Å². The van der Waals surface area contributed by atoms with E-state index in [9.17, 15) is 9.90 Å². The standard InChI is InChI=1S/C20H18ClNO2S/c21-18-3-1-2-16(12-18)19(23)8-10-22-20(24)15-6-4-14(5-7-15)17-9-11-25-13-17/h1-7,9,11-13,19,23H,8,10H2,(H,22,24)/t19-/m1/s1. The molecule has 25 heavy (non-hydrogen) atoms. The lowest BCUT2D eigenvalue weighted by molar-refractivity contribution is 0.0942. The highest BCUT2D eigenvalue weighted by Gasteiger charge is 2.10. The molecule has 0 aliphatic heterocycles. The third kappa shape index (κ3) is 4.69. The van der Waals surface area contributed by atoms with Gasteiger partial charge in [-0.1, -0.05) is 35.9 Å². The molecule has 5 heteroatoms. The van der Waals surface area contributed by atoms with Gasteiger partial charge in [0.15, 0.2) is 0 Å². The Hall–Kier alpha value is -2.14. The van der Waals surface area contributed by atoms with Crippen LogP contribution in [0.25, 0.3) is 11.1 Å². The van der Waals surface area contributed by atoms with E-state index in [0.717, 1.165) is 16.7 Å². The Morgan fingerprint density at radius 2 is 1.92 bits per heavy atom. The van der Waals surface area contributed by atoms with Crippen LogP contribution in [0.4, 0.5) is 0 Å². The van der Waals surface area contributed by atoms with Gasteiger partial charge in [-0.05, 0) is 64.2 Å². The number of benzene rings is 2. The molecular formula is C20H18ClNO2S. The van der Waals surface area contributed by atoms with Crippen LogP contribution in [0.15, 0.2) is 65.4 Å². The summed E-state index contributed by atoms with van der Waals surface area (Å²) in [5.41, 5.74) is 3.61. The molecule has 0 spiro atoms. The first-order chi connectivity index (χ1) is 12.1. The van der Waals surface area contributed by atoms with Gasteiger partial charge in [0.1, 0.15) is 0 Å². The number of aliphatic hydroxyl groups is 1. The van der Waals surface area contributed by atoms with Crippen LogP contribution >= 0.6 is 22.9 Å². The third-order valence-electron chi connectivity index (χ3n) is 3.94. The van der Waals surface area contributed by atoms with Gasteiger partial charge in [-0.25, -0.2) is 0 Å². The molecule has 1 heterocycles. The minimum absolute atomic E-state index is 0.143. The highest BCUT2D eigenvalue weighted by atomic mass is 35.5. The van der Waals surface area contributed by atoms with E-state index >= 15 is 0 Å². The monoisotopic (exact) mass is 371 g/mol. The van der Waals surface area contributed by atoms with Crippen LogP contribution in [-0.2, 0) is 0 Å². The van der Waals surface area contributed by atoms with Gasteiger partial charge in [0, 0.05) is 17.1 Å². The summed E-state index contributed by atoms with van der Waals surface area (Å²) in [6, 6.07) is 16.7. The zero-order chi connectivity index (χ0) is 17.6. The Morgan fingerprint density at radius 3 is 2.60 bits per heavy atom. The summed E-state index contributed by atoms with van der Waals surface area (Å²) >= 11 is 7.57. The van der Waals surface area contributed by atoms with Crippen molar-refractivity contribution in [1.29, 1.82) is 0 Å². The predicted octanol–water partition coefficient (Wildman–Crippen LogP) is 4.92. The van der Waals surface area contributed by atoms with Crippen LogP contribution in [0, 0.1) is 0 Å². The Kier molecular flexibility index (Phi) is 5.87. The number of rotatable bonds is 6. The minimum Gasteiger partial charge on any atom is -0.388 e. The van der Waals surface area contributed by atoms with Crippen LogP contribution in [0.1, 0.15) is 28.4 Å². The topological polar surface area (TPSA) is 49.3 Å². The van der Waals surface area contributed by atoms with E-state index in [1.54, 1.807) is 29.5 Å². The molecule has 0 aliphatic carbocycles. The van der Waals surface area contributed by atoms with E-state index in [-0.39, 0.29) is 5.91 Å². The van der Waals surface area contributed by atoms with Crippen LogP contribution < -0.4 is 5.32 Å². The maximum atomic E-state index is 12.2. The molecule has 1 amide bonds. The number of amides is 1.